The number of aromatic nitrogens is 1. The Morgan fingerprint density at radius 3 is 2.70 bits per heavy atom. The maximum absolute atomic E-state index is 12.3. The summed E-state index contributed by atoms with van der Waals surface area (Å²) in [4.78, 5) is 28.6. The molecule has 0 spiro atoms. The van der Waals surface area contributed by atoms with E-state index in [-0.39, 0.29) is 12.3 Å². The highest BCUT2D eigenvalue weighted by molar-refractivity contribution is 7.13. The first-order valence-electron chi connectivity index (χ1n) is 6.76. The van der Waals surface area contributed by atoms with E-state index in [0.29, 0.717) is 33.7 Å². The number of nitrogens with zero attached hydrogens (tertiary/aromatic N) is 2. The molecule has 0 fully saturated rings. The minimum atomic E-state index is -0.874. The first-order valence-corrected chi connectivity index (χ1v) is 8.40. The van der Waals surface area contributed by atoms with Crippen molar-refractivity contribution in [2.75, 3.05) is 13.6 Å². The maximum atomic E-state index is 12.3. The predicted octanol–water partition coefficient (Wildman–Crippen LogP) is 4.05. The number of carbonyl (C=O) groups excluding carboxylic acids is 1. The van der Waals surface area contributed by atoms with Gasteiger partial charge in [-0.2, -0.15) is 0 Å². The molecule has 0 bridgehead atoms. The number of carbonyl (C=O) groups is 2. The molecule has 0 saturated heterocycles. The molecule has 0 atom stereocenters. The summed E-state index contributed by atoms with van der Waals surface area (Å²) in [5.41, 5.74) is 1.12. The van der Waals surface area contributed by atoms with E-state index >= 15 is 0 Å². The summed E-state index contributed by atoms with van der Waals surface area (Å²) in [6.07, 6.45) is 0.435. The molecular formula is C15H14Cl2N2O3S. The SMILES string of the molecule is CN(CCCC(=O)O)C(=O)c1csc(-c2ccc(Cl)c(Cl)c2)n1. The van der Waals surface area contributed by atoms with Crippen molar-refractivity contribution in [2.24, 2.45) is 0 Å². The van der Waals surface area contributed by atoms with Crippen LogP contribution in [0.5, 0.6) is 0 Å². The van der Waals surface area contributed by atoms with Crippen LogP contribution >= 0.6 is 34.5 Å². The van der Waals surface area contributed by atoms with Gasteiger partial charge in [-0.1, -0.05) is 29.3 Å². The topological polar surface area (TPSA) is 70.5 Å². The summed E-state index contributed by atoms with van der Waals surface area (Å²) in [5.74, 6) is -1.11. The average molecular weight is 373 g/mol. The number of aliphatic carboxylic acids is 1. The van der Waals surface area contributed by atoms with Gasteiger partial charge < -0.3 is 10.0 Å². The van der Waals surface area contributed by atoms with Crippen molar-refractivity contribution in [1.29, 1.82) is 0 Å². The van der Waals surface area contributed by atoms with Crippen molar-refractivity contribution in [1.82, 2.24) is 9.88 Å². The second-order valence-corrected chi connectivity index (χ2v) is 6.56. The Kier molecular flexibility index (Phi) is 5.98. The third kappa shape index (κ3) is 4.67. The van der Waals surface area contributed by atoms with E-state index in [4.69, 9.17) is 28.3 Å². The molecule has 8 heteroatoms. The Hall–Kier alpha value is -1.63. The number of hydrogen-bond acceptors (Lipinski definition) is 4. The lowest BCUT2D eigenvalue weighted by atomic mass is 10.2. The van der Waals surface area contributed by atoms with Gasteiger partial charge in [0.25, 0.3) is 5.91 Å². The molecule has 1 amide bonds. The Labute approximate surface area is 147 Å². The molecule has 5 nitrogen and oxygen atoms in total. The monoisotopic (exact) mass is 372 g/mol. The molecule has 0 aliphatic rings. The van der Waals surface area contributed by atoms with E-state index in [9.17, 15) is 9.59 Å². The molecule has 0 aliphatic heterocycles. The molecule has 0 unspecified atom stereocenters. The fraction of sp³-hybridized carbons (Fsp3) is 0.267. The highest BCUT2D eigenvalue weighted by atomic mass is 35.5. The largest absolute Gasteiger partial charge is 0.481 e. The van der Waals surface area contributed by atoms with Crippen LogP contribution in [-0.2, 0) is 4.79 Å². The Morgan fingerprint density at radius 1 is 1.30 bits per heavy atom. The molecule has 0 radical (unpaired) electrons. The summed E-state index contributed by atoms with van der Waals surface area (Å²) >= 11 is 13.2. The first kappa shape index (κ1) is 17.7. The van der Waals surface area contributed by atoms with Crippen molar-refractivity contribution in [2.45, 2.75) is 12.8 Å². The molecule has 0 aliphatic carbocycles. The molecule has 0 saturated carbocycles. The van der Waals surface area contributed by atoms with Crippen LogP contribution in [-0.4, -0.2) is 40.5 Å². The molecule has 2 aromatic rings. The zero-order chi connectivity index (χ0) is 17.0. The maximum Gasteiger partial charge on any atom is 0.303 e. The van der Waals surface area contributed by atoms with Crippen LogP contribution in [0, 0.1) is 0 Å². The van der Waals surface area contributed by atoms with Crippen molar-refractivity contribution < 1.29 is 14.7 Å². The predicted molar refractivity (Wildman–Crippen MR) is 91.4 cm³/mol. The molecule has 122 valence electrons. The zero-order valence-electron chi connectivity index (χ0n) is 12.3. The molecule has 2 rings (SSSR count). The second kappa shape index (κ2) is 7.77. The number of thiazole rings is 1. The molecular weight excluding hydrogens is 359 g/mol. The fourth-order valence-corrected chi connectivity index (χ4v) is 2.99. The van der Waals surface area contributed by atoms with Crippen molar-refractivity contribution in [3.05, 3.63) is 39.3 Å². The third-order valence-electron chi connectivity index (χ3n) is 3.12. The number of benzene rings is 1. The zero-order valence-corrected chi connectivity index (χ0v) is 14.6. The summed E-state index contributed by atoms with van der Waals surface area (Å²) in [6, 6.07) is 5.17. The molecule has 1 N–H and O–H groups in total. The lowest BCUT2D eigenvalue weighted by Crippen LogP contribution is -2.28. The van der Waals surface area contributed by atoms with Crippen LogP contribution in [0.25, 0.3) is 10.6 Å². The van der Waals surface area contributed by atoms with Crippen LogP contribution in [0.15, 0.2) is 23.6 Å². The second-order valence-electron chi connectivity index (χ2n) is 4.89. The van der Waals surface area contributed by atoms with Gasteiger partial charge in [-0.25, -0.2) is 4.98 Å². The van der Waals surface area contributed by atoms with E-state index in [2.05, 4.69) is 4.98 Å². The number of carboxylic acids is 1. The van der Waals surface area contributed by atoms with Gasteiger partial charge in [0, 0.05) is 31.0 Å². The van der Waals surface area contributed by atoms with Gasteiger partial charge in [0.15, 0.2) is 0 Å². The van der Waals surface area contributed by atoms with Crippen LogP contribution in [0.1, 0.15) is 23.3 Å². The number of amides is 1. The average Bonchev–Trinajstić information content (AvgIpc) is 2.98. The minimum Gasteiger partial charge on any atom is -0.481 e. The number of hydrogen-bond donors (Lipinski definition) is 1. The summed E-state index contributed by atoms with van der Waals surface area (Å²) in [5, 5.41) is 11.9. The number of rotatable bonds is 6. The summed E-state index contributed by atoms with van der Waals surface area (Å²) in [7, 11) is 1.63. The highest BCUT2D eigenvalue weighted by Crippen LogP contribution is 2.30. The standard InChI is InChI=1S/C15H14Cl2N2O3S/c1-19(6-2-3-13(20)21)15(22)12-8-23-14(18-12)9-4-5-10(16)11(17)7-9/h4-5,7-8H,2-3,6H2,1H3,(H,20,21). The van der Waals surface area contributed by atoms with Crippen molar-refractivity contribution in [3.63, 3.8) is 0 Å². The molecule has 1 aromatic heterocycles. The number of carboxylic acid groups (broad SMARTS) is 1. The van der Waals surface area contributed by atoms with Crippen LogP contribution < -0.4 is 0 Å². The van der Waals surface area contributed by atoms with Crippen LogP contribution in [0.3, 0.4) is 0 Å². The molecule has 1 heterocycles. The van der Waals surface area contributed by atoms with Crippen molar-refractivity contribution in [3.8, 4) is 10.6 Å². The summed E-state index contributed by atoms with van der Waals surface area (Å²) in [6.45, 7) is 0.366. The van der Waals surface area contributed by atoms with Gasteiger partial charge in [-0.3, -0.25) is 9.59 Å². The van der Waals surface area contributed by atoms with Gasteiger partial charge in [0.1, 0.15) is 10.7 Å². The Balaban J connectivity index is 2.07. The van der Waals surface area contributed by atoms with Gasteiger partial charge in [-0.15, -0.1) is 11.3 Å². The minimum absolute atomic E-state index is 0.0310. The molecule has 23 heavy (non-hydrogen) atoms. The normalized spacial score (nSPS) is 10.6. The fourth-order valence-electron chi connectivity index (χ4n) is 1.90. The van der Waals surface area contributed by atoms with Crippen LogP contribution in [0.4, 0.5) is 0 Å². The quantitative estimate of drug-likeness (QED) is 0.829. The highest BCUT2D eigenvalue weighted by Gasteiger charge is 2.16. The smallest absolute Gasteiger partial charge is 0.303 e. The summed E-state index contributed by atoms with van der Waals surface area (Å²) < 4.78 is 0. The van der Waals surface area contributed by atoms with Gasteiger partial charge in [0.2, 0.25) is 0 Å². The Bertz CT molecular complexity index is 733. The van der Waals surface area contributed by atoms with Gasteiger partial charge in [-0.05, 0) is 18.6 Å². The van der Waals surface area contributed by atoms with Crippen molar-refractivity contribution >= 4 is 46.4 Å². The third-order valence-corrected chi connectivity index (χ3v) is 4.75. The van der Waals surface area contributed by atoms with E-state index in [1.165, 1.54) is 16.2 Å². The van der Waals surface area contributed by atoms with E-state index in [0.717, 1.165) is 5.56 Å². The van der Waals surface area contributed by atoms with Gasteiger partial charge in [0.05, 0.1) is 10.0 Å². The molecule has 1 aromatic carbocycles. The lowest BCUT2D eigenvalue weighted by molar-refractivity contribution is -0.137. The first-order chi connectivity index (χ1) is 10.9. The van der Waals surface area contributed by atoms with E-state index in [1.807, 2.05) is 0 Å². The lowest BCUT2D eigenvalue weighted by Gasteiger charge is -2.14. The Morgan fingerprint density at radius 2 is 2.04 bits per heavy atom. The number of halogens is 2. The van der Waals surface area contributed by atoms with Crippen LogP contribution in [0.2, 0.25) is 10.0 Å². The van der Waals surface area contributed by atoms with E-state index in [1.54, 1.807) is 30.6 Å². The van der Waals surface area contributed by atoms with Gasteiger partial charge >= 0.3 is 5.97 Å². The van der Waals surface area contributed by atoms with E-state index < -0.39 is 5.97 Å².